The summed E-state index contributed by atoms with van der Waals surface area (Å²) in [4.78, 5) is 35.4. The molecule has 0 heterocycles. The van der Waals surface area contributed by atoms with E-state index in [4.69, 9.17) is 18.5 Å². The van der Waals surface area contributed by atoms with Crippen molar-refractivity contribution in [2.24, 2.45) is 0 Å². The van der Waals surface area contributed by atoms with Gasteiger partial charge < -0.3 is 39.9 Å². The number of aliphatic hydroxyl groups is 5. The minimum Gasteiger partial charge on any atom is -0.462 e. The number of allylic oxidation sites excluding steroid dienone is 6. The van der Waals surface area contributed by atoms with Gasteiger partial charge in [-0.25, -0.2) is 4.57 Å². The molecule has 0 spiro atoms. The molecule has 0 amide bonds. The molecule has 0 aromatic carbocycles. The molecule has 54 heavy (non-hydrogen) atoms. The summed E-state index contributed by atoms with van der Waals surface area (Å²) < 4.78 is 33.3. The van der Waals surface area contributed by atoms with Crippen molar-refractivity contribution in [3.05, 3.63) is 36.5 Å². The number of phosphoric acid groups is 1. The Hall–Kier alpha value is -1.93. The predicted molar refractivity (Wildman–Crippen MR) is 207 cm³/mol. The van der Waals surface area contributed by atoms with Crippen molar-refractivity contribution in [3.8, 4) is 0 Å². The summed E-state index contributed by atoms with van der Waals surface area (Å²) in [6, 6.07) is 0. The zero-order chi connectivity index (χ0) is 40.0. The molecule has 8 atom stereocenters. The highest BCUT2D eigenvalue weighted by Crippen LogP contribution is 2.47. The van der Waals surface area contributed by atoms with Gasteiger partial charge in [-0.3, -0.25) is 18.6 Å². The van der Waals surface area contributed by atoms with Gasteiger partial charge in [-0.2, -0.15) is 0 Å². The van der Waals surface area contributed by atoms with Crippen molar-refractivity contribution in [1.29, 1.82) is 0 Å². The molecule has 6 unspecified atom stereocenters. The highest BCUT2D eigenvalue weighted by molar-refractivity contribution is 7.47. The fraction of sp³-hybridized carbons (Fsp3) is 0.800. The number of hydrogen-bond acceptors (Lipinski definition) is 12. The maximum atomic E-state index is 12.7. The Balaban J connectivity index is 2.55. The zero-order valence-corrected chi connectivity index (χ0v) is 33.7. The standard InChI is InChI=1S/C40H71O13P/c1-3-5-7-9-11-13-15-16-17-18-19-21-22-24-26-28-33(41)50-30-32(52-34(42)29-27-25-23-20-14-12-10-8-6-4-2)31-51-54(48,49)53-40-38(46)36(44)35(43)37(45)39(40)47/h11,13,16-17,19,21,32,35-40,43-47H,3-10,12,14-15,18,20,22-31H2,1-2H3,(H,48,49)/b13-11-,17-16-,21-19-/t32-,35?,36-,37?,38?,39?,40?/m1/s1. The van der Waals surface area contributed by atoms with Crippen LogP contribution in [0.2, 0.25) is 0 Å². The maximum absolute atomic E-state index is 12.7. The highest BCUT2D eigenvalue weighted by Gasteiger charge is 2.51. The zero-order valence-electron chi connectivity index (χ0n) is 32.8. The molecule has 0 saturated heterocycles. The van der Waals surface area contributed by atoms with Crippen molar-refractivity contribution >= 4 is 19.8 Å². The number of unbranched alkanes of at least 4 members (excludes halogenated alkanes) is 14. The third kappa shape index (κ3) is 23.9. The van der Waals surface area contributed by atoms with E-state index in [1.54, 1.807) is 0 Å². The van der Waals surface area contributed by atoms with Gasteiger partial charge in [0.15, 0.2) is 6.10 Å². The summed E-state index contributed by atoms with van der Waals surface area (Å²) in [5, 5.41) is 49.9. The van der Waals surface area contributed by atoms with Crippen LogP contribution in [0, 0.1) is 0 Å². The van der Waals surface area contributed by atoms with Crippen molar-refractivity contribution in [2.75, 3.05) is 13.2 Å². The summed E-state index contributed by atoms with van der Waals surface area (Å²) in [5.41, 5.74) is 0. The molecule has 1 fully saturated rings. The Labute approximate surface area is 323 Å². The quantitative estimate of drug-likeness (QED) is 0.0183. The van der Waals surface area contributed by atoms with E-state index in [1.807, 2.05) is 0 Å². The summed E-state index contributed by atoms with van der Waals surface area (Å²) in [6.45, 7) is 3.18. The molecule has 0 aliphatic heterocycles. The van der Waals surface area contributed by atoms with Crippen molar-refractivity contribution < 1.29 is 63.1 Å². The molecule has 0 aromatic heterocycles. The fourth-order valence-electron chi connectivity index (χ4n) is 5.88. The van der Waals surface area contributed by atoms with Gasteiger partial charge >= 0.3 is 19.8 Å². The fourth-order valence-corrected chi connectivity index (χ4v) is 6.85. The van der Waals surface area contributed by atoms with Crippen LogP contribution in [0.4, 0.5) is 0 Å². The summed E-state index contributed by atoms with van der Waals surface area (Å²) in [5.74, 6) is -1.15. The SMILES string of the molecule is CCCCC/C=C\C/C=C\C/C=C\CCCCC(=O)OC[C@H](COP(=O)(O)OC1C(O)C(O)C(O)[C@@H](O)C1O)OC(=O)CCCCCCCCCCCC. The van der Waals surface area contributed by atoms with Crippen LogP contribution < -0.4 is 0 Å². The summed E-state index contributed by atoms with van der Waals surface area (Å²) in [6.07, 6.45) is 19.4. The van der Waals surface area contributed by atoms with Crippen LogP contribution in [0.3, 0.4) is 0 Å². The second kappa shape index (κ2) is 31.2. The Morgan fingerprint density at radius 3 is 1.56 bits per heavy atom. The number of carbonyl (C=O) groups excluding carboxylic acids is 2. The lowest BCUT2D eigenvalue weighted by atomic mass is 9.85. The molecule has 1 rings (SSSR count). The van der Waals surface area contributed by atoms with Crippen LogP contribution in [0.15, 0.2) is 36.5 Å². The predicted octanol–water partition coefficient (Wildman–Crippen LogP) is 6.66. The number of phosphoric ester groups is 1. The molecule has 1 aliphatic carbocycles. The molecule has 0 bridgehead atoms. The van der Waals surface area contributed by atoms with Crippen LogP contribution in [-0.2, 0) is 32.7 Å². The van der Waals surface area contributed by atoms with Crippen LogP contribution in [0.25, 0.3) is 0 Å². The van der Waals surface area contributed by atoms with E-state index in [9.17, 15) is 44.6 Å². The van der Waals surface area contributed by atoms with E-state index in [2.05, 4.69) is 50.3 Å². The number of ether oxygens (including phenoxy) is 2. The topological polar surface area (TPSA) is 210 Å². The van der Waals surface area contributed by atoms with Gasteiger partial charge in [-0.15, -0.1) is 0 Å². The van der Waals surface area contributed by atoms with Crippen LogP contribution in [0.5, 0.6) is 0 Å². The van der Waals surface area contributed by atoms with Crippen molar-refractivity contribution in [1.82, 2.24) is 0 Å². The third-order valence-corrected chi connectivity index (χ3v) is 10.2. The first-order valence-corrected chi connectivity index (χ1v) is 21.8. The number of rotatable bonds is 32. The van der Waals surface area contributed by atoms with Gasteiger partial charge in [0.05, 0.1) is 6.61 Å². The third-order valence-electron chi connectivity index (χ3n) is 9.23. The monoisotopic (exact) mass is 790 g/mol. The van der Waals surface area contributed by atoms with E-state index in [0.29, 0.717) is 12.8 Å². The molecule has 13 nitrogen and oxygen atoms in total. The van der Waals surface area contributed by atoms with Crippen LogP contribution >= 0.6 is 7.82 Å². The van der Waals surface area contributed by atoms with Gasteiger partial charge in [0.2, 0.25) is 0 Å². The van der Waals surface area contributed by atoms with Gasteiger partial charge in [-0.05, 0) is 51.4 Å². The average molecular weight is 791 g/mol. The first-order chi connectivity index (χ1) is 25.9. The first-order valence-electron chi connectivity index (χ1n) is 20.3. The normalized spacial score (nSPS) is 23.6. The minimum absolute atomic E-state index is 0.0896. The maximum Gasteiger partial charge on any atom is 0.472 e. The Morgan fingerprint density at radius 2 is 1.00 bits per heavy atom. The highest BCUT2D eigenvalue weighted by atomic mass is 31.2. The van der Waals surface area contributed by atoms with E-state index >= 15 is 0 Å². The van der Waals surface area contributed by atoms with Crippen molar-refractivity contribution in [2.45, 2.75) is 191 Å². The van der Waals surface area contributed by atoms with E-state index < -0.39 is 75.7 Å². The summed E-state index contributed by atoms with van der Waals surface area (Å²) >= 11 is 0. The van der Waals surface area contributed by atoms with E-state index in [0.717, 1.165) is 57.8 Å². The molecular formula is C40H71O13P. The van der Waals surface area contributed by atoms with Gasteiger partial charge in [0.1, 0.15) is 43.2 Å². The smallest absolute Gasteiger partial charge is 0.462 e. The number of esters is 2. The van der Waals surface area contributed by atoms with Gasteiger partial charge in [0, 0.05) is 12.8 Å². The molecule has 6 N–H and O–H groups in total. The van der Waals surface area contributed by atoms with Gasteiger partial charge in [-0.1, -0.05) is 121 Å². The van der Waals surface area contributed by atoms with E-state index in [-0.39, 0.29) is 12.8 Å². The van der Waals surface area contributed by atoms with Crippen LogP contribution in [-0.4, -0.2) is 98.3 Å². The molecule has 314 valence electrons. The molecule has 14 heteroatoms. The van der Waals surface area contributed by atoms with E-state index in [1.165, 1.54) is 51.4 Å². The molecular weight excluding hydrogens is 719 g/mol. The van der Waals surface area contributed by atoms with Gasteiger partial charge in [0.25, 0.3) is 0 Å². The van der Waals surface area contributed by atoms with Crippen molar-refractivity contribution in [3.63, 3.8) is 0 Å². The first kappa shape index (κ1) is 50.1. The Bertz CT molecular complexity index is 1100. The molecule has 0 aromatic rings. The second-order valence-electron chi connectivity index (χ2n) is 14.1. The molecule has 0 radical (unpaired) electrons. The molecule has 1 aliphatic rings. The lowest BCUT2D eigenvalue weighted by Crippen LogP contribution is -2.64. The Kier molecular flexibility index (Phi) is 28.9. The average Bonchev–Trinajstić information content (AvgIpc) is 3.15. The molecule has 1 saturated carbocycles. The number of aliphatic hydroxyl groups excluding tert-OH is 5. The lowest BCUT2D eigenvalue weighted by molar-refractivity contribution is -0.220. The largest absolute Gasteiger partial charge is 0.472 e. The Morgan fingerprint density at radius 1 is 0.574 bits per heavy atom. The minimum atomic E-state index is -5.11. The van der Waals surface area contributed by atoms with Crippen LogP contribution in [0.1, 0.15) is 149 Å². The number of hydrogen-bond donors (Lipinski definition) is 6. The second-order valence-corrected chi connectivity index (χ2v) is 15.5. The number of carbonyl (C=O) groups is 2. The summed E-state index contributed by atoms with van der Waals surface area (Å²) in [7, 11) is -5.11. The lowest BCUT2D eigenvalue weighted by Gasteiger charge is -2.41.